The van der Waals surface area contributed by atoms with Crippen LogP contribution in [0.15, 0.2) is 60.9 Å². The highest BCUT2D eigenvalue weighted by Gasteiger charge is 2.25. The summed E-state index contributed by atoms with van der Waals surface area (Å²) in [4.78, 5) is 26.2. The number of hydrogen-bond acceptors (Lipinski definition) is 7. The number of nitrogens with one attached hydrogen (secondary N) is 1. The van der Waals surface area contributed by atoms with E-state index in [1.54, 1.807) is 18.5 Å². The number of rotatable bonds is 6. The average molecular weight is 377 g/mol. The standard InChI is InChI=1S/C20H19N5O3/c1-14(15-7-8-18(22-13-15)28-16-5-3-2-4-6-16)23-19-21-10-9-17(24-19)25-11-12-27-20(25)26/h2-10,13-14H,11-12H2,1H3,(H,21,23,24). The van der Waals surface area contributed by atoms with Crippen molar-refractivity contribution in [2.75, 3.05) is 23.4 Å². The molecule has 0 radical (unpaired) electrons. The lowest BCUT2D eigenvalue weighted by atomic mass is 10.1. The van der Waals surface area contributed by atoms with Crippen molar-refractivity contribution in [3.8, 4) is 11.6 Å². The molecule has 1 aromatic carbocycles. The summed E-state index contributed by atoms with van der Waals surface area (Å²) >= 11 is 0. The van der Waals surface area contributed by atoms with Crippen molar-refractivity contribution < 1.29 is 14.3 Å². The molecule has 1 aliphatic heterocycles. The molecule has 0 spiro atoms. The number of para-hydroxylation sites is 1. The average Bonchev–Trinajstić information content (AvgIpc) is 3.15. The van der Waals surface area contributed by atoms with Crippen molar-refractivity contribution >= 4 is 17.9 Å². The Labute approximate surface area is 162 Å². The molecular formula is C20H19N5O3. The van der Waals surface area contributed by atoms with Crippen LogP contribution >= 0.6 is 0 Å². The van der Waals surface area contributed by atoms with Crippen LogP contribution in [0, 0.1) is 0 Å². The summed E-state index contributed by atoms with van der Waals surface area (Å²) in [6, 6.07) is 14.8. The molecule has 142 valence electrons. The van der Waals surface area contributed by atoms with E-state index in [4.69, 9.17) is 9.47 Å². The predicted octanol–water partition coefficient (Wildman–Crippen LogP) is 3.79. The Hall–Kier alpha value is -3.68. The SMILES string of the molecule is CC(Nc1nccc(N2CCOC2=O)n1)c1ccc(Oc2ccccc2)nc1. The molecule has 0 aliphatic carbocycles. The third-order valence-corrected chi connectivity index (χ3v) is 4.25. The van der Waals surface area contributed by atoms with E-state index in [9.17, 15) is 4.79 Å². The van der Waals surface area contributed by atoms with E-state index in [1.807, 2.05) is 49.4 Å². The van der Waals surface area contributed by atoms with Crippen LogP contribution in [-0.4, -0.2) is 34.2 Å². The van der Waals surface area contributed by atoms with E-state index in [0.717, 1.165) is 11.3 Å². The number of ether oxygens (including phenoxy) is 2. The minimum absolute atomic E-state index is 0.0842. The fourth-order valence-corrected chi connectivity index (χ4v) is 2.77. The first-order valence-electron chi connectivity index (χ1n) is 8.92. The zero-order valence-corrected chi connectivity index (χ0v) is 15.3. The van der Waals surface area contributed by atoms with Gasteiger partial charge in [-0.3, -0.25) is 4.90 Å². The van der Waals surface area contributed by atoms with Crippen molar-refractivity contribution in [1.29, 1.82) is 0 Å². The third kappa shape index (κ3) is 4.01. The van der Waals surface area contributed by atoms with E-state index in [1.165, 1.54) is 4.90 Å². The van der Waals surface area contributed by atoms with E-state index in [0.29, 0.717) is 30.8 Å². The fraction of sp³-hybridized carbons (Fsp3) is 0.200. The van der Waals surface area contributed by atoms with Crippen molar-refractivity contribution in [2.45, 2.75) is 13.0 Å². The molecule has 3 heterocycles. The Morgan fingerprint density at radius 1 is 1.14 bits per heavy atom. The molecule has 1 aliphatic rings. The van der Waals surface area contributed by atoms with Gasteiger partial charge in [0.2, 0.25) is 11.8 Å². The minimum atomic E-state index is -0.393. The monoisotopic (exact) mass is 377 g/mol. The first kappa shape index (κ1) is 17.7. The topological polar surface area (TPSA) is 89.5 Å². The van der Waals surface area contributed by atoms with Gasteiger partial charge in [0.15, 0.2) is 0 Å². The first-order chi connectivity index (χ1) is 13.7. The van der Waals surface area contributed by atoms with E-state index < -0.39 is 6.09 Å². The molecule has 1 fully saturated rings. The molecule has 1 saturated heterocycles. The maximum absolute atomic E-state index is 11.7. The number of benzene rings is 1. The predicted molar refractivity (Wildman–Crippen MR) is 104 cm³/mol. The normalized spacial score (nSPS) is 14.5. The number of aromatic nitrogens is 3. The second-order valence-corrected chi connectivity index (χ2v) is 6.22. The number of hydrogen-bond donors (Lipinski definition) is 1. The molecule has 3 aromatic rings. The summed E-state index contributed by atoms with van der Waals surface area (Å²) in [6.07, 6.45) is 2.96. The Kier molecular flexibility index (Phi) is 5.01. The Morgan fingerprint density at radius 2 is 2.00 bits per heavy atom. The van der Waals surface area contributed by atoms with Crippen LogP contribution < -0.4 is 15.0 Å². The first-order valence-corrected chi connectivity index (χ1v) is 8.92. The van der Waals surface area contributed by atoms with Crippen molar-refractivity contribution in [1.82, 2.24) is 15.0 Å². The number of nitrogens with zero attached hydrogens (tertiary/aromatic N) is 4. The molecule has 1 atom stereocenters. The van der Waals surface area contributed by atoms with Gasteiger partial charge in [0.05, 0.1) is 12.6 Å². The highest BCUT2D eigenvalue weighted by molar-refractivity contribution is 5.88. The molecule has 8 nitrogen and oxygen atoms in total. The molecule has 8 heteroatoms. The molecule has 0 saturated carbocycles. The van der Waals surface area contributed by atoms with E-state index in [2.05, 4.69) is 20.3 Å². The number of cyclic esters (lactones) is 1. The summed E-state index contributed by atoms with van der Waals surface area (Å²) in [6.45, 7) is 2.83. The largest absolute Gasteiger partial charge is 0.447 e. The van der Waals surface area contributed by atoms with Crippen LogP contribution in [0.5, 0.6) is 11.6 Å². The van der Waals surface area contributed by atoms with Gasteiger partial charge in [-0.1, -0.05) is 24.3 Å². The second-order valence-electron chi connectivity index (χ2n) is 6.22. The van der Waals surface area contributed by atoms with Gasteiger partial charge in [0, 0.05) is 18.5 Å². The van der Waals surface area contributed by atoms with Gasteiger partial charge in [-0.2, -0.15) is 4.98 Å². The fourth-order valence-electron chi connectivity index (χ4n) is 2.77. The van der Waals surface area contributed by atoms with Gasteiger partial charge in [-0.25, -0.2) is 14.8 Å². The lowest BCUT2D eigenvalue weighted by molar-refractivity contribution is 0.181. The summed E-state index contributed by atoms with van der Waals surface area (Å²) in [5.74, 6) is 2.19. The van der Waals surface area contributed by atoms with Gasteiger partial charge < -0.3 is 14.8 Å². The summed E-state index contributed by atoms with van der Waals surface area (Å²) in [7, 11) is 0. The molecule has 28 heavy (non-hydrogen) atoms. The van der Waals surface area contributed by atoms with E-state index in [-0.39, 0.29) is 6.04 Å². The number of pyridine rings is 1. The van der Waals surface area contributed by atoms with Gasteiger partial charge >= 0.3 is 6.09 Å². The number of amides is 1. The van der Waals surface area contributed by atoms with Crippen LogP contribution in [-0.2, 0) is 4.74 Å². The highest BCUT2D eigenvalue weighted by atomic mass is 16.6. The van der Waals surface area contributed by atoms with Crippen molar-refractivity contribution in [2.24, 2.45) is 0 Å². The van der Waals surface area contributed by atoms with Gasteiger partial charge in [-0.15, -0.1) is 0 Å². The molecule has 0 bridgehead atoms. The number of carbonyl (C=O) groups excluding carboxylic acids is 1. The Morgan fingerprint density at radius 3 is 2.71 bits per heavy atom. The lowest BCUT2D eigenvalue weighted by Gasteiger charge is -2.16. The van der Waals surface area contributed by atoms with Crippen LogP contribution in [0.3, 0.4) is 0 Å². The number of carbonyl (C=O) groups is 1. The second kappa shape index (κ2) is 7.91. The summed E-state index contributed by atoms with van der Waals surface area (Å²) < 4.78 is 10.7. The molecule has 2 aromatic heterocycles. The maximum Gasteiger partial charge on any atom is 0.415 e. The van der Waals surface area contributed by atoms with Crippen LogP contribution in [0.1, 0.15) is 18.5 Å². The molecular weight excluding hydrogens is 358 g/mol. The summed E-state index contributed by atoms with van der Waals surface area (Å²) in [5, 5.41) is 3.22. The van der Waals surface area contributed by atoms with E-state index >= 15 is 0 Å². The van der Waals surface area contributed by atoms with Gasteiger partial charge in [-0.05, 0) is 30.7 Å². The van der Waals surface area contributed by atoms with Gasteiger partial charge in [0.1, 0.15) is 18.2 Å². The van der Waals surface area contributed by atoms with Crippen LogP contribution in [0.25, 0.3) is 0 Å². The Balaban J connectivity index is 1.42. The molecule has 1 amide bonds. The smallest absolute Gasteiger partial charge is 0.415 e. The maximum atomic E-state index is 11.7. The third-order valence-electron chi connectivity index (χ3n) is 4.25. The zero-order chi connectivity index (χ0) is 19.3. The molecule has 4 rings (SSSR count). The minimum Gasteiger partial charge on any atom is -0.447 e. The van der Waals surface area contributed by atoms with Crippen LogP contribution in [0.2, 0.25) is 0 Å². The highest BCUT2D eigenvalue weighted by Crippen LogP contribution is 2.23. The quantitative estimate of drug-likeness (QED) is 0.699. The Bertz CT molecular complexity index is 950. The van der Waals surface area contributed by atoms with Crippen LogP contribution in [0.4, 0.5) is 16.6 Å². The zero-order valence-electron chi connectivity index (χ0n) is 15.3. The lowest BCUT2D eigenvalue weighted by Crippen LogP contribution is -2.25. The summed E-state index contributed by atoms with van der Waals surface area (Å²) in [5.41, 5.74) is 0.954. The van der Waals surface area contributed by atoms with Crippen molar-refractivity contribution in [3.05, 3.63) is 66.5 Å². The molecule has 1 N–H and O–H groups in total. The number of anilines is 2. The molecule has 1 unspecified atom stereocenters. The van der Waals surface area contributed by atoms with Crippen molar-refractivity contribution in [3.63, 3.8) is 0 Å². The van der Waals surface area contributed by atoms with Gasteiger partial charge in [0.25, 0.3) is 0 Å².